The van der Waals surface area contributed by atoms with Gasteiger partial charge >= 0.3 is 0 Å². The second-order valence-corrected chi connectivity index (χ2v) is 17.2. The predicted octanol–water partition coefficient (Wildman–Crippen LogP) is 5.21. The summed E-state index contributed by atoms with van der Waals surface area (Å²) in [5.41, 5.74) is 4.58. The number of sulfonamides is 1. The Morgan fingerprint density at radius 3 is 1.90 bits per heavy atom. The molecule has 1 amide bonds. The highest BCUT2D eigenvalue weighted by molar-refractivity contribution is 7.89. The lowest BCUT2D eigenvalue weighted by Crippen LogP contribution is -2.46. The van der Waals surface area contributed by atoms with Crippen molar-refractivity contribution >= 4 is 21.6 Å². The topological polar surface area (TPSA) is 163 Å². The largest absolute Gasteiger partial charge is 0.392 e. The maximum atomic E-state index is 14.0. The summed E-state index contributed by atoms with van der Waals surface area (Å²) in [6.45, 7) is 10.6. The molecule has 5 unspecified atom stereocenters. The van der Waals surface area contributed by atoms with Crippen LogP contribution in [0.2, 0.25) is 0 Å². The van der Waals surface area contributed by atoms with E-state index in [0.29, 0.717) is 97.0 Å². The Hall–Kier alpha value is -4.10. The first-order valence-electron chi connectivity index (χ1n) is 21.3. The SMILES string of the molecule is Cc1ccc(S(=O)(=O)NC(Cc2ccccc2)C(=O)Nc2cccc(C3OC(CN4CCOCCOCCOCCOCCOCC4)C(C)C(c4ccc(CO)cc4)O3)c2)cc1. The summed E-state index contributed by atoms with van der Waals surface area (Å²) in [5.74, 6) is -0.607. The van der Waals surface area contributed by atoms with E-state index in [4.69, 9.17) is 33.2 Å². The van der Waals surface area contributed by atoms with Gasteiger partial charge in [0.25, 0.3) is 0 Å². The maximum absolute atomic E-state index is 14.0. The number of carbonyl (C=O) groups is 1. The zero-order valence-electron chi connectivity index (χ0n) is 35.7. The summed E-state index contributed by atoms with van der Waals surface area (Å²) in [6.07, 6.45) is -1.36. The van der Waals surface area contributed by atoms with E-state index in [-0.39, 0.29) is 36.0 Å². The monoisotopic (exact) mass is 875 g/mol. The molecule has 0 spiro atoms. The number of ether oxygens (including phenoxy) is 7. The van der Waals surface area contributed by atoms with E-state index in [1.165, 1.54) is 12.1 Å². The minimum atomic E-state index is -4.04. The fourth-order valence-electron chi connectivity index (χ4n) is 7.25. The molecule has 2 aliphatic heterocycles. The van der Waals surface area contributed by atoms with Gasteiger partial charge in [-0.15, -0.1) is 0 Å². The van der Waals surface area contributed by atoms with Gasteiger partial charge in [0.1, 0.15) is 6.04 Å². The van der Waals surface area contributed by atoms with E-state index in [9.17, 15) is 18.3 Å². The lowest BCUT2D eigenvalue weighted by Gasteiger charge is -2.43. The molecule has 6 rings (SSSR count). The van der Waals surface area contributed by atoms with Crippen LogP contribution >= 0.6 is 0 Å². The Morgan fingerprint density at radius 1 is 0.710 bits per heavy atom. The molecule has 5 atom stereocenters. The number of benzene rings is 4. The van der Waals surface area contributed by atoms with Crippen LogP contribution in [0, 0.1) is 12.8 Å². The quantitative estimate of drug-likeness (QED) is 0.171. The molecule has 2 aliphatic rings. The average molecular weight is 876 g/mol. The number of nitrogens with zero attached hydrogens (tertiary/aromatic N) is 1. The fraction of sp³-hybridized carbons (Fsp3) is 0.468. The summed E-state index contributed by atoms with van der Waals surface area (Å²) in [4.78, 5) is 16.4. The van der Waals surface area contributed by atoms with Crippen molar-refractivity contribution in [2.24, 2.45) is 5.92 Å². The van der Waals surface area contributed by atoms with Gasteiger partial charge in [-0.3, -0.25) is 9.69 Å². The minimum absolute atomic E-state index is 0.0698. The van der Waals surface area contributed by atoms with Gasteiger partial charge in [-0.2, -0.15) is 4.72 Å². The molecule has 4 aromatic carbocycles. The van der Waals surface area contributed by atoms with Crippen molar-refractivity contribution < 1.29 is 51.5 Å². The molecule has 0 aliphatic carbocycles. The first kappa shape index (κ1) is 47.4. The highest BCUT2D eigenvalue weighted by Crippen LogP contribution is 2.42. The Bertz CT molecular complexity index is 2020. The Labute approximate surface area is 365 Å². The van der Waals surface area contributed by atoms with Crippen LogP contribution in [0.4, 0.5) is 5.69 Å². The third kappa shape index (κ3) is 14.7. The number of nitrogens with one attached hydrogen (secondary N) is 2. The van der Waals surface area contributed by atoms with E-state index in [1.807, 2.05) is 73.7 Å². The fourth-order valence-corrected chi connectivity index (χ4v) is 8.44. The van der Waals surface area contributed by atoms with Gasteiger partial charge in [0.15, 0.2) is 6.29 Å². The second-order valence-electron chi connectivity index (χ2n) is 15.5. The van der Waals surface area contributed by atoms with Gasteiger partial charge in [0.05, 0.1) is 89.8 Å². The van der Waals surface area contributed by atoms with Crippen molar-refractivity contribution in [3.8, 4) is 0 Å². The number of aliphatic hydroxyl groups is 1. The lowest BCUT2D eigenvalue weighted by molar-refractivity contribution is -0.276. The standard InChI is InChI=1S/C47H61N3O11S/c1-35-11-17-42(18-12-35)62(53,54)49-43(31-37-7-4-3-5-8-37)46(52)48-41-10-6-9-40(32-41)47-60-44(36(2)45(61-47)39-15-13-38(34-51)14-16-39)33-50-19-21-55-23-25-57-27-29-59-30-28-58-26-24-56-22-20-50/h3-18,32,36,43-45,47,49,51H,19-31,33-34H2,1-2H3,(H,48,52). The van der Waals surface area contributed by atoms with E-state index >= 15 is 0 Å². The van der Waals surface area contributed by atoms with E-state index < -0.39 is 28.3 Å². The van der Waals surface area contributed by atoms with Crippen molar-refractivity contribution in [1.82, 2.24) is 9.62 Å². The van der Waals surface area contributed by atoms with Gasteiger partial charge in [-0.25, -0.2) is 8.42 Å². The maximum Gasteiger partial charge on any atom is 0.242 e. The molecule has 0 radical (unpaired) electrons. The molecule has 14 nitrogen and oxygen atoms in total. The number of aryl methyl sites for hydroxylation is 1. The molecule has 62 heavy (non-hydrogen) atoms. The van der Waals surface area contributed by atoms with E-state index in [0.717, 1.165) is 22.3 Å². The molecule has 3 N–H and O–H groups in total. The third-order valence-electron chi connectivity index (χ3n) is 10.8. The average Bonchev–Trinajstić information content (AvgIpc) is 3.28. The summed E-state index contributed by atoms with van der Waals surface area (Å²) in [7, 11) is -4.04. The van der Waals surface area contributed by atoms with Crippen molar-refractivity contribution in [1.29, 1.82) is 0 Å². The number of anilines is 1. The summed E-state index contributed by atoms with van der Waals surface area (Å²) in [6, 6.07) is 29.6. The minimum Gasteiger partial charge on any atom is -0.392 e. The van der Waals surface area contributed by atoms with Crippen molar-refractivity contribution in [2.75, 3.05) is 91.0 Å². The first-order valence-corrected chi connectivity index (χ1v) is 22.8. The predicted molar refractivity (Wildman–Crippen MR) is 234 cm³/mol. The van der Waals surface area contributed by atoms with Gasteiger partial charge in [0, 0.05) is 36.8 Å². The third-order valence-corrected chi connectivity index (χ3v) is 12.3. The Morgan fingerprint density at radius 2 is 1.31 bits per heavy atom. The second kappa shape index (κ2) is 24.7. The van der Waals surface area contributed by atoms with Crippen molar-refractivity contribution in [3.63, 3.8) is 0 Å². The lowest BCUT2D eigenvalue weighted by atomic mass is 9.90. The highest BCUT2D eigenvalue weighted by atomic mass is 32.2. The van der Waals surface area contributed by atoms with Crippen LogP contribution in [0.3, 0.4) is 0 Å². The van der Waals surface area contributed by atoms with Crippen LogP contribution in [-0.2, 0) is 61.0 Å². The van der Waals surface area contributed by atoms with Crippen molar-refractivity contribution in [2.45, 2.75) is 56.3 Å². The molecular formula is C47H61N3O11S. The van der Waals surface area contributed by atoms with Crippen molar-refractivity contribution in [3.05, 3.63) is 131 Å². The van der Waals surface area contributed by atoms with E-state index in [2.05, 4.69) is 21.9 Å². The summed E-state index contributed by atoms with van der Waals surface area (Å²) in [5, 5.41) is 12.7. The smallest absolute Gasteiger partial charge is 0.242 e. The summed E-state index contributed by atoms with van der Waals surface area (Å²) >= 11 is 0. The van der Waals surface area contributed by atoms with Crippen LogP contribution in [-0.4, -0.2) is 122 Å². The number of hydrogen-bond donors (Lipinski definition) is 3. The van der Waals surface area contributed by atoms with E-state index in [1.54, 1.807) is 24.3 Å². The molecule has 0 saturated carbocycles. The van der Waals surface area contributed by atoms with Crippen LogP contribution < -0.4 is 10.0 Å². The van der Waals surface area contributed by atoms with Crippen LogP contribution in [0.25, 0.3) is 0 Å². The molecule has 2 heterocycles. The normalized spacial score (nSPS) is 22.5. The first-order chi connectivity index (χ1) is 30.2. The highest BCUT2D eigenvalue weighted by Gasteiger charge is 2.39. The Balaban J connectivity index is 1.20. The molecule has 2 fully saturated rings. The molecule has 0 aromatic heterocycles. The van der Waals surface area contributed by atoms with Gasteiger partial charge in [-0.1, -0.05) is 91.3 Å². The molecule has 336 valence electrons. The van der Waals surface area contributed by atoms with Gasteiger partial charge < -0.3 is 43.6 Å². The summed E-state index contributed by atoms with van der Waals surface area (Å²) < 4.78 is 72.0. The molecule has 4 aromatic rings. The Kier molecular flexibility index (Phi) is 18.9. The number of carbonyl (C=O) groups excluding carboxylic acids is 1. The number of rotatable bonds is 12. The number of aliphatic hydroxyl groups excluding tert-OH is 1. The zero-order chi connectivity index (χ0) is 43.6. The van der Waals surface area contributed by atoms with Gasteiger partial charge in [0.2, 0.25) is 15.9 Å². The number of hydrogen-bond acceptors (Lipinski definition) is 12. The zero-order valence-corrected chi connectivity index (χ0v) is 36.5. The van der Waals surface area contributed by atoms with Crippen LogP contribution in [0.5, 0.6) is 0 Å². The number of amides is 1. The molecule has 0 bridgehead atoms. The molecule has 2 saturated heterocycles. The molecule has 15 heteroatoms. The van der Waals surface area contributed by atoms with Crippen LogP contribution in [0.1, 0.15) is 47.1 Å². The van der Waals surface area contributed by atoms with Crippen LogP contribution in [0.15, 0.2) is 108 Å². The molecular weight excluding hydrogens is 815 g/mol. The van der Waals surface area contributed by atoms with Gasteiger partial charge in [-0.05, 0) is 54.3 Å².